The van der Waals surface area contributed by atoms with Crippen molar-refractivity contribution in [1.82, 2.24) is 5.32 Å². The molecule has 1 unspecified atom stereocenters. The van der Waals surface area contributed by atoms with Crippen molar-refractivity contribution in [2.45, 2.75) is 18.5 Å². The molecule has 0 aliphatic carbocycles. The topological polar surface area (TPSA) is 12.0 Å². The van der Waals surface area contributed by atoms with Gasteiger partial charge in [-0.25, -0.2) is 8.78 Å². The summed E-state index contributed by atoms with van der Waals surface area (Å²) in [6.45, 7) is 1.04. The van der Waals surface area contributed by atoms with E-state index in [0.29, 0.717) is 30.1 Å². The van der Waals surface area contributed by atoms with Crippen LogP contribution in [-0.4, -0.2) is 18.8 Å². The zero-order valence-electron chi connectivity index (χ0n) is 8.19. The molecule has 0 aromatic heterocycles. The summed E-state index contributed by atoms with van der Waals surface area (Å²) in [5, 5.41) is 3.28. The van der Waals surface area contributed by atoms with Gasteiger partial charge in [0, 0.05) is 18.0 Å². The highest BCUT2D eigenvalue weighted by Gasteiger charge is 2.34. The first kappa shape index (κ1) is 10.8. The lowest BCUT2D eigenvalue weighted by atomic mass is 9.95. The number of rotatable bonds is 2. The summed E-state index contributed by atoms with van der Waals surface area (Å²) in [5.41, 5.74) is -0.564. The van der Waals surface area contributed by atoms with Gasteiger partial charge >= 0.3 is 0 Å². The minimum atomic E-state index is -1.23. The quantitative estimate of drug-likeness (QED) is 0.825. The molecule has 0 saturated carbocycles. The van der Waals surface area contributed by atoms with E-state index in [1.54, 1.807) is 6.07 Å². The molecule has 0 spiro atoms. The Hall–Kier alpha value is -0.670. The van der Waals surface area contributed by atoms with Crippen LogP contribution < -0.4 is 5.32 Å². The third-order valence-electron chi connectivity index (χ3n) is 2.71. The number of nitrogens with one attached hydrogen (secondary N) is 1. The van der Waals surface area contributed by atoms with E-state index in [1.165, 1.54) is 12.1 Å². The molecule has 15 heavy (non-hydrogen) atoms. The Balaban J connectivity index is 2.16. The molecular formula is C11H12ClF2N. The summed E-state index contributed by atoms with van der Waals surface area (Å²) < 4.78 is 26.8. The van der Waals surface area contributed by atoms with Crippen LogP contribution in [-0.2, 0) is 6.42 Å². The second kappa shape index (κ2) is 4.06. The van der Waals surface area contributed by atoms with Crippen molar-refractivity contribution in [3.8, 4) is 0 Å². The molecule has 1 atom stereocenters. The van der Waals surface area contributed by atoms with Crippen LogP contribution in [0.4, 0.5) is 8.78 Å². The van der Waals surface area contributed by atoms with Crippen molar-refractivity contribution in [3.05, 3.63) is 34.6 Å². The normalized spacial score (nSPS) is 25.8. The predicted octanol–water partition coefficient (Wildman–Crippen LogP) is 2.72. The number of hydrogen-bond donors (Lipinski definition) is 1. The van der Waals surface area contributed by atoms with Crippen LogP contribution in [0, 0.1) is 5.82 Å². The molecule has 4 heteroatoms. The Labute approximate surface area is 92.4 Å². The van der Waals surface area contributed by atoms with Crippen molar-refractivity contribution in [3.63, 3.8) is 0 Å². The molecule has 0 bridgehead atoms. The van der Waals surface area contributed by atoms with E-state index in [9.17, 15) is 8.78 Å². The highest BCUT2D eigenvalue weighted by molar-refractivity contribution is 6.31. The van der Waals surface area contributed by atoms with E-state index >= 15 is 0 Å². The molecule has 1 saturated heterocycles. The van der Waals surface area contributed by atoms with Crippen LogP contribution in [0.15, 0.2) is 18.2 Å². The lowest BCUT2D eigenvalue weighted by Crippen LogP contribution is -2.28. The van der Waals surface area contributed by atoms with Crippen molar-refractivity contribution in [2.24, 2.45) is 0 Å². The number of alkyl halides is 1. The highest BCUT2D eigenvalue weighted by Crippen LogP contribution is 2.28. The third-order valence-corrected chi connectivity index (χ3v) is 3.07. The second-order valence-corrected chi connectivity index (χ2v) is 4.40. The molecular weight excluding hydrogens is 220 g/mol. The summed E-state index contributed by atoms with van der Waals surface area (Å²) in [6, 6.07) is 4.09. The molecule has 1 aliphatic rings. The first-order valence-corrected chi connectivity index (χ1v) is 5.30. The maximum atomic E-state index is 14.1. The molecule has 1 N–H and O–H groups in total. The maximum Gasteiger partial charge on any atom is 0.128 e. The van der Waals surface area contributed by atoms with Crippen molar-refractivity contribution >= 4 is 11.6 Å². The van der Waals surface area contributed by atoms with Gasteiger partial charge in [-0.1, -0.05) is 17.7 Å². The Morgan fingerprint density at radius 3 is 2.87 bits per heavy atom. The predicted molar refractivity (Wildman–Crippen MR) is 56.4 cm³/mol. The molecule has 2 rings (SSSR count). The fourth-order valence-corrected chi connectivity index (χ4v) is 2.10. The molecule has 1 aromatic carbocycles. The van der Waals surface area contributed by atoms with E-state index in [0.717, 1.165) is 0 Å². The smallest absolute Gasteiger partial charge is 0.128 e. The maximum absolute atomic E-state index is 14.1. The summed E-state index contributed by atoms with van der Waals surface area (Å²) in [5.74, 6) is -0.388. The molecule has 1 nitrogen and oxygen atoms in total. The Morgan fingerprint density at radius 2 is 2.27 bits per heavy atom. The molecule has 1 heterocycles. The monoisotopic (exact) mass is 231 g/mol. The first-order valence-electron chi connectivity index (χ1n) is 4.93. The minimum Gasteiger partial charge on any atom is -0.313 e. The van der Waals surface area contributed by atoms with E-state index in [2.05, 4.69) is 5.32 Å². The van der Waals surface area contributed by atoms with Crippen LogP contribution in [0.25, 0.3) is 0 Å². The zero-order chi connectivity index (χ0) is 10.9. The fraction of sp³-hybridized carbons (Fsp3) is 0.455. The van der Waals surface area contributed by atoms with Gasteiger partial charge in [0.15, 0.2) is 0 Å². The van der Waals surface area contributed by atoms with Crippen molar-refractivity contribution in [2.75, 3.05) is 13.1 Å². The summed E-state index contributed by atoms with van der Waals surface area (Å²) in [7, 11) is 0. The molecule has 0 radical (unpaired) electrons. The van der Waals surface area contributed by atoms with Crippen LogP contribution in [0.3, 0.4) is 0 Å². The minimum absolute atomic E-state index is 0.249. The van der Waals surface area contributed by atoms with Gasteiger partial charge in [0.25, 0.3) is 0 Å². The lowest BCUT2D eigenvalue weighted by molar-refractivity contribution is 0.190. The van der Waals surface area contributed by atoms with Crippen LogP contribution in [0.5, 0.6) is 0 Å². The summed E-state index contributed by atoms with van der Waals surface area (Å²) >= 11 is 5.84. The van der Waals surface area contributed by atoms with Crippen LogP contribution in [0.2, 0.25) is 5.02 Å². The highest BCUT2D eigenvalue weighted by atomic mass is 35.5. The average Bonchev–Trinajstić information content (AvgIpc) is 2.58. The van der Waals surface area contributed by atoms with E-state index < -0.39 is 5.67 Å². The number of hydrogen-bond acceptors (Lipinski definition) is 1. The van der Waals surface area contributed by atoms with Gasteiger partial charge in [0.1, 0.15) is 11.5 Å². The van der Waals surface area contributed by atoms with Gasteiger partial charge in [-0.2, -0.15) is 0 Å². The van der Waals surface area contributed by atoms with E-state index in [-0.39, 0.29) is 12.2 Å². The van der Waals surface area contributed by atoms with Gasteiger partial charge in [-0.3, -0.25) is 0 Å². The van der Waals surface area contributed by atoms with Gasteiger partial charge < -0.3 is 5.32 Å². The number of halogens is 3. The molecule has 1 fully saturated rings. The van der Waals surface area contributed by atoms with Crippen LogP contribution in [0.1, 0.15) is 12.0 Å². The number of benzene rings is 1. The first-order chi connectivity index (χ1) is 7.09. The molecule has 1 aromatic rings. The zero-order valence-corrected chi connectivity index (χ0v) is 8.95. The lowest BCUT2D eigenvalue weighted by Gasteiger charge is -2.18. The van der Waals surface area contributed by atoms with Gasteiger partial charge in [-0.15, -0.1) is 0 Å². The molecule has 0 amide bonds. The van der Waals surface area contributed by atoms with E-state index in [1.807, 2.05) is 0 Å². The Bertz CT molecular complexity index is 362. The third kappa shape index (κ3) is 2.47. The summed E-state index contributed by atoms with van der Waals surface area (Å²) in [6.07, 6.45) is 0.736. The van der Waals surface area contributed by atoms with Gasteiger partial charge in [-0.05, 0) is 30.7 Å². The van der Waals surface area contributed by atoms with Gasteiger partial charge in [0.05, 0.1) is 0 Å². The van der Waals surface area contributed by atoms with Crippen LogP contribution >= 0.6 is 11.6 Å². The van der Waals surface area contributed by atoms with Crippen molar-refractivity contribution < 1.29 is 8.78 Å². The molecule has 1 aliphatic heterocycles. The Morgan fingerprint density at radius 1 is 1.47 bits per heavy atom. The van der Waals surface area contributed by atoms with E-state index in [4.69, 9.17) is 11.6 Å². The van der Waals surface area contributed by atoms with Gasteiger partial charge in [0.2, 0.25) is 0 Å². The SMILES string of the molecule is Fc1ccc(CC2(F)CCNC2)c(Cl)c1. The summed E-state index contributed by atoms with van der Waals surface area (Å²) in [4.78, 5) is 0. The average molecular weight is 232 g/mol. The standard InChI is InChI=1S/C11H12ClF2N/c12-10-5-9(13)2-1-8(10)6-11(14)3-4-15-7-11/h1-2,5,15H,3-4,6-7H2. The molecule has 82 valence electrons. The second-order valence-electron chi connectivity index (χ2n) is 3.99. The largest absolute Gasteiger partial charge is 0.313 e. The van der Waals surface area contributed by atoms with Crippen molar-refractivity contribution in [1.29, 1.82) is 0 Å². The fourth-order valence-electron chi connectivity index (χ4n) is 1.87. The Kier molecular flexibility index (Phi) is 2.94.